The number of para-hydroxylation sites is 1. The van der Waals surface area contributed by atoms with Gasteiger partial charge in [0.15, 0.2) is 0 Å². The Labute approximate surface area is 189 Å². The molecular weight excluding hydrogens is 434 g/mol. The molecule has 1 aliphatic heterocycles. The highest BCUT2D eigenvalue weighted by molar-refractivity contribution is 7.93. The largest absolute Gasteiger partial charge is 0.350 e. The van der Waals surface area contributed by atoms with Gasteiger partial charge in [-0.05, 0) is 56.3 Å². The minimum atomic E-state index is -4.00. The molecule has 0 bridgehead atoms. The lowest BCUT2D eigenvalue weighted by atomic mass is 10.2. The average Bonchev–Trinajstić information content (AvgIpc) is 3.24. The molecule has 31 heavy (non-hydrogen) atoms. The van der Waals surface area contributed by atoms with E-state index in [9.17, 15) is 13.2 Å². The maximum Gasteiger partial charge on any atom is 0.266 e. The molecule has 0 spiro atoms. The van der Waals surface area contributed by atoms with E-state index in [1.165, 1.54) is 22.5 Å². The smallest absolute Gasteiger partial charge is 0.266 e. The number of halogens is 1. The summed E-state index contributed by atoms with van der Waals surface area (Å²) in [5.41, 5.74) is 0.754. The molecule has 1 unspecified atom stereocenters. The molecule has 1 heterocycles. The minimum Gasteiger partial charge on any atom is -0.350 e. The number of rotatable bonds is 9. The van der Waals surface area contributed by atoms with Crippen molar-refractivity contribution in [3.63, 3.8) is 0 Å². The zero-order valence-electron chi connectivity index (χ0n) is 17.6. The molecule has 6 nitrogen and oxygen atoms in total. The number of carbonyl (C=O) groups is 1. The molecule has 1 atom stereocenters. The molecule has 1 fully saturated rings. The van der Waals surface area contributed by atoms with E-state index >= 15 is 0 Å². The summed E-state index contributed by atoms with van der Waals surface area (Å²) in [5, 5.41) is 3.01. The highest BCUT2D eigenvalue weighted by Crippen LogP contribution is 2.29. The summed E-state index contributed by atoms with van der Waals surface area (Å²) in [6, 6.07) is 13.4. The molecule has 0 aliphatic carbocycles. The molecular formula is C23H28ClN3O3S. The lowest BCUT2D eigenvalue weighted by molar-refractivity contribution is 0.0941. The van der Waals surface area contributed by atoms with Gasteiger partial charge in [-0.25, -0.2) is 8.42 Å². The first-order valence-corrected chi connectivity index (χ1v) is 12.2. The number of nitrogens with one attached hydrogen (secondary N) is 1. The van der Waals surface area contributed by atoms with Gasteiger partial charge < -0.3 is 5.32 Å². The number of benzene rings is 2. The Balaban J connectivity index is 1.85. The zero-order valence-corrected chi connectivity index (χ0v) is 19.2. The number of likely N-dealkylation sites (N-methyl/N-ethyl adjacent to an activating group) is 1. The number of anilines is 1. The van der Waals surface area contributed by atoms with E-state index in [0.717, 1.165) is 25.9 Å². The van der Waals surface area contributed by atoms with E-state index in [0.29, 0.717) is 18.3 Å². The van der Waals surface area contributed by atoms with Crippen LogP contribution in [0.4, 0.5) is 5.69 Å². The van der Waals surface area contributed by atoms with Gasteiger partial charge in [0, 0.05) is 18.2 Å². The Bertz CT molecular complexity index is 1030. The second-order valence-electron chi connectivity index (χ2n) is 7.44. The second-order valence-corrected chi connectivity index (χ2v) is 9.68. The van der Waals surface area contributed by atoms with Gasteiger partial charge in [0.25, 0.3) is 15.9 Å². The number of amides is 1. The number of hydrogen-bond donors (Lipinski definition) is 1. The van der Waals surface area contributed by atoms with Crippen molar-refractivity contribution in [1.82, 2.24) is 10.2 Å². The molecule has 8 heteroatoms. The van der Waals surface area contributed by atoms with Crippen LogP contribution in [0.5, 0.6) is 0 Å². The molecule has 0 saturated carbocycles. The van der Waals surface area contributed by atoms with Gasteiger partial charge >= 0.3 is 0 Å². The minimum absolute atomic E-state index is 0.0643. The summed E-state index contributed by atoms with van der Waals surface area (Å²) in [6.07, 6.45) is 3.67. The van der Waals surface area contributed by atoms with Crippen LogP contribution in [0.2, 0.25) is 5.02 Å². The Morgan fingerprint density at radius 3 is 2.71 bits per heavy atom. The lowest BCUT2D eigenvalue weighted by Crippen LogP contribution is -2.40. The molecule has 3 rings (SSSR count). The van der Waals surface area contributed by atoms with E-state index in [1.807, 2.05) is 6.07 Å². The van der Waals surface area contributed by atoms with Crippen molar-refractivity contribution in [1.29, 1.82) is 0 Å². The van der Waals surface area contributed by atoms with Crippen LogP contribution in [0.1, 0.15) is 30.1 Å². The van der Waals surface area contributed by atoms with E-state index < -0.39 is 10.0 Å². The van der Waals surface area contributed by atoms with Crippen LogP contribution in [0.25, 0.3) is 0 Å². The zero-order chi connectivity index (χ0) is 22.4. The fourth-order valence-electron chi connectivity index (χ4n) is 3.87. The first kappa shape index (κ1) is 23.3. The van der Waals surface area contributed by atoms with Crippen LogP contribution in [0.15, 0.2) is 66.1 Å². The summed E-state index contributed by atoms with van der Waals surface area (Å²) in [6.45, 7) is 8.38. The number of carbonyl (C=O) groups excluding carboxylic acids is 1. The van der Waals surface area contributed by atoms with Crippen LogP contribution < -0.4 is 9.62 Å². The van der Waals surface area contributed by atoms with Gasteiger partial charge in [0.05, 0.1) is 17.3 Å². The van der Waals surface area contributed by atoms with Gasteiger partial charge in [0.2, 0.25) is 0 Å². The average molecular weight is 462 g/mol. The normalized spacial score (nSPS) is 16.8. The van der Waals surface area contributed by atoms with Crippen molar-refractivity contribution in [3.8, 4) is 0 Å². The van der Waals surface area contributed by atoms with Crippen molar-refractivity contribution >= 4 is 33.2 Å². The Hall–Kier alpha value is -2.35. The van der Waals surface area contributed by atoms with Crippen molar-refractivity contribution < 1.29 is 13.2 Å². The SMILES string of the molecule is C=CCN(c1ccccc1)S(=O)(=O)c1cc(C(=O)NCC2CCCN2CC)ccc1Cl. The predicted molar refractivity (Wildman–Crippen MR) is 125 cm³/mol. The maximum absolute atomic E-state index is 13.4. The van der Waals surface area contributed by atoms with Crippen LogP contribution in [-0.4, -0.2) is 51.4 Å². The Morgan fingerprint density at radius 2 is 2.03 bits per heavy atom. The van der Waals surface area contributed by atoms with E-state index in [2.05, 4.69) is 23.7 Å². The van der Waals surface area contributed by atoms with Crippen molar-refractivity contribution in [2.24, 2.45) is 0 Å². The number of nitrogens with zero attached hydrogens (tertiary/aromatic N) is 2. The summed E-state index contributed by atoms with van der Waals surface area (Å²) in [5.74, 6) is -0.314. The summed E-state index contributed by atoms with van der Waals surface area (Å²) in [7, 11) is -4.00. The molecule has 0 radical (unpaired) electrons. The van der Waals surface area contributed by atoms with Gasteiger partial charge in [-0.2, -0.15) is 0 Å². The maximum atomic E-state index is 13.4. The van der Waals surface area contributed by atoms with E-state index in [-0.39, 0.29) is 27.9 Å². The van der Waals surface area contributed by atoms with E-state index in [4.69, 9.17) is 11.6 Å². The fourth-order valence-corrected chi connectivity index (χ4v) is 5.81. The first-order chi connectivity index (χ1) is 14.9. The molecule has 1 saturated heterocycles. The van der Waals surface area contributed by atoms with Crippen LogP contribution in [-0.2, 0) is 10.0 Å². The van der Waals surface area contributed by atoms with Crippen molar-refractivity contribution in [2.75, 3.05) is 30.5 Å². The number of sulfonamides is 1. The highest BCUT2D eigenvalue weighted by Gasteiger charge is 2.28. The molecule has 2 aromatic rings. The van der Waals surface area contributed by atoms with E-state index in [1.54, 1.807) is 30.3 Å². The quantitative estimate of drug-likeness (QED) is 0.574. The van der Waals surface area contributed by atoms with Crippen LogP contribution >= 0.6 is 11.6 Å². The molecule has 1 aliphatic rings. The Morgan fingerprint density at radius 1 is 1.29 bits per heavy atom. The van der Waals surface area contributed by atoms with Crippen molar-refractivity contribution in [2.45, 2.75) is 30.7 Å². The third-order valence-electron chi connectivity index (χ3n) is 5.50. The first-order valence-electron chi connectivity index (χ1n) is 10.4. The van der Waals surface area contributed by atoms with Crippen LogP contribution in [0, 0.1) is 0 Å². The van der Waals surface area contributed by atoms with Crippen molar-refractivity contribution in [3.05, 3.63) is 71.8 Å². The molecule has 0 aromatic heterocycles. The van der Waals surface area contributed by atoms with Gasteiger partial charge in [-0.15, -0.1) is 6.58 Å². The Kier molecular flexibility index (Phi) is 7.75. The standard InChI is InChI=1S/C23H28ClN3O3S/c1-3-14-27(19-9-6-5-7-10-19)31(29,30)22-16-18(12-13-21(22)24)23(28)25-17-20-11-8-15-26(20)4-2/h3,5-7,9-10,12-13,16,20H,1,4,8,11,14-15,17H2,2H3,(H,25,28). The predicted octanol–water partition coefficient (Wildman–Crippen LogP) is 3.94. The highest BCUT2D eigenvalue weighted by atomic mass is 35.5. The molecule has 166 valence electrons. The lowest BCUT2D eigenvalue weighted by Gasteiger charge is -2.24. The monoisotopic (exact) mass is 461 g/mol. The van der Waals surface area contributed by atoms with Gasteiger partial charge in [-0.3, -0.25) is 14.0 Å². The summed E-state index contributed by atoms with van der Waals surface area (Å²) >= 11 is 6.27. The molecule has 1 N–H and O–H groups in total. The fraction of sp³-hybridized carbons (Fsp3) is 0.348. The van der Waals surface area contributed by atoms with Gasteiger partial charge in [0.1, 0.15) is 4.90 Å². The third-order valence-corrected chi connectivity index (χ3v) is 7.78. The number of likely N-dealkylation sites (tertiary alicyclic amines) is 1. The molecule has 1 amide bonds. The molecule has 2 aromatic carbocycles. The van der Waals surface area contributed by atoms with Crippen LogP contribution in [0.3, 0.4) is 0 Å². The second kappa shape index (κ2) is 10.3. The number of hydrogen-bond acceptors (Lipinski definition) is 4. The third kappa shape index (κ3) is 5.29. The summed E-state index contributed by atoms with van der Waals surface area (Å²) < 4.78 is 28.1. The topological polar surface area (TPSA) is 69.7 Å². The van der Waals surface area contributed by atoms with Gasteiger partial charge in [-0.1, -0.05) is 42.8 Å². The summed E-state index contributed by atoms with van der Waals surface area (Å²) in [4.78, 5) is 15.0.